The molecule has 3 heteroatoms. The zero-order valence-electron chi connectivity index (χ0n) is 1.46. The number of rotatable bonds is 0. The van der Waals surface area contributed by atoms with Gasteiger partial charge >= 0.3 is 34.5 Å². The molecular formula is CH4Cl2Zn. The molecule has 0 aromatic rings. The van der Waals surface area contributed by atoms with Gasteiger partial charge in [0.05, 0.1) is 0 Å². The van der Waals surface area contributed by atoms with E-state index in [0.29, 0.717) is 0 Å². The predicted octanol–water partition coefficient (Wildman–Crippen LogP) is 2.01. The summed E-state index contributed by atoms with van der Waals surface area (Å²) in [6.45, 7) is 0. The van der Waals surface area contributed by atoms with Gasteiger partial charge in [0, 0.05) is 0 Å². The van der Waals surface area contributed by atoms with Crippen LogP contribution in [0.15, 0.2) is 0 Å². The van der Waals surface area contributed by atoms with Crippen LogP contribution in [0.25, 0.3) is 0 Å². The van der Waals surface area contributed by atoms with Gasteiger partial charge in [-0.25, -0.2) is 0 Å². The zero-order chi connectivity index (χ0) is 2.71. The van der Waals surface area contributed by atoms with Gasteiger partial charge in [0.25, 0.3) is 0 Å². The van der Waals surface area contributed by atoms with E-state index >= 15 is 0 Å². The van der Waals surface area contributed by atoms with Gasteiger partial charge in [-0.1, -0.05) is 7.43 Å². The van der Waals surface area contributed by atoms with Crippen molar-refractivity contribution in [1.29, 1.82) is 0 Å². The summed E-state index contributed by atoms with van der Waals surface area (Å²) in [5.41, 5.74) is 0. The molecule has 0 aliphatic rings. The zero-order valence-corrected chi connectivity index (χ0v) is 5.94. The van der Waals surface area contributed by atoms with Crippen LogP contribution in [-0.2, 0) is 15.1 Å². The molecule has 0 atom stereocenters. The number of hydrogen-bond donors (Lipinski definition) is 0. The Labute approximate surface area is 42.2 Å². The third-order valence-electron chi connectivity index (χ3n) is 0. The second kappa shape index (κ2) is 8.88. The monoisotopic (exact) mass is 150 g/mol. The second-order valence-electron chi connectivity index (χ2n) is 0.101. The topological polar surface area (TPSA) is 0 Å². The first-order valence-electron chi connectivity index (χ1n) is 0.535. The van der Waals surface area contributed by atoms with E-state index in [9.17, 15) is 0 Å². The molecule has 0 aliphatic heterocycles. The second-order valence-corrected chi connectivity index (χ2v) is 4.72. The van der Waals surface area contributed by atoms with Crippen molar-refractivity contribution >= 4 is 19.4 Å². The Morgan fingerprint density at radius 2 is 1.25 bits per heavy atom. The fourth-order valence-electron chi connectivity index (χ4n) is 0. The molecule has 0 saturated heterocycles. The van der Waals surface area contributed by atoms with Crippen molar-refractivity contribution in [2.24, 2.45) is 0 Å². The summed E-state index contributed by atoms with van der Waals surface area (Å²) >= 11 is -0.931. The molecular weight excluding hydrogens is 148 g/mol. The van der Waals surface area contributed by atoms with E-state index in [1.165, 1.54) is 0 Å². The first kappa shape index (κ1) is 8.96. The van der Waals surface area contributed by atoms with E-state index in [1.54, 1.807) is 0 Å². The van der Waals surface area contributed by atoms with Crippen molar-refractivity contribution < 1.29 is 15.1 Å². The third-order valence-corrected chi connectivity index (χ3v) is 0. The van der Waals surface area contributed by atoms with Gasteiger partial charge in [-0.2, -0.15) is 0 Å². The van der Waals surface area contributed by atoms with E-state index in [0.717, 1.165) is 0 Å². The van der Waals surface area contributed by atoms with E-state index in [4.69, 9.17) is 19.4 Å². The van der Waals surface area contributed by atoms with E-state index < -0.39 is 15.1 Å². The average Bonchev–Trinajstić information content (AvgIpc) is 0.918. The summed E-state index contributed by atoms with van der Waals surface area (Å²) < 4.78 is 0. The molecule has 0 N–H and O–H groups in total. The molecule has 0 radical (unpaired) electrons. The Balaban J connectivity index is 0. The van der Waals surface area contributed by atoms with Gasteiger partial charge in [-0.3, -0.25) is 0 Å². The summed E-state index contributed by atoms with van der Waals surface area (Å²) in [4.78, 5) is 0. The first-order chi connectivity index (χ1) is 1.41. The molecule has 0 spiro atoms. The Hall–Kier alpha value is 1.20. The molecule has 0 aliphatic carbocycles. The summed E-state index contributed by atoms with van der Waals surface area (Å²) in [5, 5.41) is 0. The molecule has 0 fully saturated rings. The first-order valence-corrected chi connectivity index (χ1v) is 8.33. The molecule has 0 saturated carbocycles. The van der Waals surface area contributed by atoms with Crippen LogP contribution in [0.4, 0.5) is 0 Å². The molecule has 0 aromatic carbocycles. The van der Waals surface area contributed by atoms with Crippen LogP contribution in [0, 0.1) is 0 Å². The molecule has 0 nitrogen and oxygen atoms in total. The van der Waals surface area contributed by atoms with Crippen LogP contribution < -0.4 is 0 Å². The fraction of sp³-hybridized carbons (Fsp3) is 1.00. The van der Waals surface area contributed by atoms with Gasteiger partial charge in [-0.15, -0.1) is 0 Å². The van der Waals surface area contributed by atoms with Crippen molar-refractivity contribution in [3.05, 3.63) is 0 Å². The van der Waals surface area contributed by atoms with Crippen molar-refractivity contribution in [2.45, 2.75) is 7.43 Å². The maximum absolute atomic E-state index is 4.95. The quantitative estimate of drug-likeness (QED) is 0.466. The van der Waals surface area contributed by atoms with Crippen molar-refractivity contribution in [3.8, 4) is 0 Å². The average molecular weight is 152 g/mol. The summed E-state index contributed by atoms with van der Waals surface area (Å²) in [5.74, 6) is 0. The van der Waals surface area contributed by atoms with Gasteiger partial charge < -0.3 is 0 Å². The van der Waals surface area contributed by atoms with Crippen molar-refractivity contribution in [3.63, 3.8) is 0 Å². The third kappa shape index (κ3) is 10.7. The van der Waals surface area contributed by atoms with Crippen LogP contribution in [0.1, 0.15) is 7.43 Å². The van der Waals surface area contributed by atoms with E-state index in [2.05, 4.69) is 0 Å². The van der Waals surface area contributed by atoms with Gasteiger partial charge in [0.2, 0.25) is 0 Å². The van der Waals surface area contributed by atoms with E-state index in [1.807, 2.05) is 0 Å². The Morgan fingerprint density at radius 3 is 1.25 bits per heavy atom. The molecule has 4 heavy (non-hydrogen) atoms. The van der Waals surface area contributed by atoms with Crippen molar-refractivity contribution in [1.82, 2.24) is 0 Å². The molecule has 0 bridgehead atoms. The maximum atomic E-state index is 4.95. The molecule has 0 heterocycles. The standard InChI is InChI=1S/CH4.2ClH.Zn/h1H4;2*1H;/q;;;+2/p-2. The molecule has 0 rings (SSSR count). The van der Waals surface area contributed by atoms with Crippen molar-refractivity contribution in [2.75, 3.05) is 0 Å². The van der Waals surface area contributed by atoms with Crippen LogP contribution in [0.5, 0.6) is 0 Å². The SMILES string of the molecule is C.[Cl][Zn][Cl]. The number of halogens is 2. The summed E-state index contributed by atoms with van der Waals surface area (Å²) in [6.07, 6.45) is 0. The summed E-state index contributed by atoms with van der Waals surface area (Å²) in [7, 11) is 9.90. The molecule has 24 valence electrons. The Bertz CT molecular complexity index is 6.00. The minimum atomic E-state index is -0.931. The molecule has 0 unspecified atom stereocenters. The molecule has 0 amide bonds. The van der Waals surface area contributed by atoms with Gasteiger partial charge in [0.15, 0.2) is 0 Å². The van der Waals surface area contributed by atoms with Gasteiger partial charge in [-0.05, 0) is 0 Å². The van der Waals surface area contributed by atoms with Crippen LogP contribution >= 0.6 is 19.4 Å². The Morgan fingerprint density at radius 1 is 1.25 bits per heavy atom. The van der Waals surface area contributed by atoms with E-state index in [-0.39, 0.29) is 7.43 Å². The van der Waals surface area contributed by atoms with Crippen LogP contribution in [0.2, 0.25) is 0 Å². The van der Waals surface area contributed by atoms with Gasteiger partial charge in [0.1, 0.15) is 0 Å². The predicted molar refractivity (Wildman–Crippen MR) is 18.4 cm³/mol. The fourth-order valence-corrected chi connectivity index (χ4v) is 0. The molecule has 0 aromatic heterocycles. The normalized spacial score (nSPS) is 2.50. The van der Waals surface area contributed by atoms with Crippen LogP contribution in [-0.4, -0.2) is 0 Å². The minimum absolute atomic E-state index is 0. The number of hydrogen-bond acceptors (Lipinski definition) is 0. The summed E-state index contributed by atoms with van der Waals surface area (Å²) in [6, 6.07) is 0. The Kier molecular flexibility index (Phi) is 19.9. The van der Waals surface area contributed by atoms with Crippen LogP contribution in [0.3, 0.4) is 0 Å².